The van der Waals surface area contributed by atoms with Crippen LogP contribution in [0.4, 0.5) is 0 Å². The molecule has 38 heavy (non-hydrogen) atoms. The van der Waals surface area contributed by atoms with E-state index in [1.807, 2.05) is 0 Å². The molecule has 4 saturated carbocycles. The zero-order valence-electron chi connectivity index (χ0n) is 24.1. The van der Waals surface area contributed by atoms with E-state index in [-0.39, 0.29) is 53.1 Å². The summed E-state index contributed by atoms with van der Waals surface area (Å²) in [6, 6.07) is -0.731. The molecule has 0 aromatic heterocycles. The lowest BCUT2D eigenvalue weighted by Gasteiger charge is -2.65. The van der Waals surface area contributed by atoms with Gasteiger partial charge < -0.3 is 31.3 Å². The topological polar surface area (TPSA) is 161 Å². The fourth-order valence-corrected chi connectivity index (χ4v) is 9.62. The van der Waals surface area contributed by atoms with Crippen molar-refractivity contribution in [1.29, 1.82) is 0 Å². The Hall–Kier alpha value is -1.22. The van der Waals surface area contributed by atoms with Crippen molar-refractivity contribution < 1.29 is 35.1 Å². The highest BCUT2D eigenvalue weighted by atomic mass is 16.4. The van der Waals surface area contributed by atoms with Gasteiger partial charge in [0.15, 0.2) is 0 Å². The van der Waals surface area contributed by atoms with Crippen molar-refractivity contribution in [1.82, 2.24) is 0 Å². The maximum atomic E-state index is 11.8. The standard InChI is InChI=1S/C27H46O5.C3H7NO2/c1-5-6-17-20-13-16(28)11-12-26(20,3)21-14-22(29)27(4)18(15(2)7-10-23(30)31)8-9-19(27)24(21)25(17)32;1-2(4)3(5)6/h15-22,24-25,28-29,32H,5-14H2,1-4H3,(H,30,31);2H,4H2,1H3,(H,5,6)/t15-,16-,17-,18+,19+,20+,21+,22+,24+,25-,26+,27-;/m1./s1. The normalized spacial score (nSPS) is 45.4. The van der Waals surface area contributed by atoms with Crippen LogP contribution in [0.25, 0.3) is 0 Å². The second-order valence-corrected chi connectivity index (χ2v) is 13.6. The maximum Gasteiger partial charge on any atom is 0.320 e. The number of hydrogen-bond acceptors (Lipinski definition) is 6. The van der Waals surface area contributed by atoms with Crippen molar-refractivity contribution in [2.24, 2.45) is 58.0 Å². The van der Waals surface area contributed by atoms with Crippen LogP contribution in [0.3, 0.4) is 0 Å². The van der Waals surface area contributed by atoms with Crippen LogP contribution in [0.2, 0.25) is 0 Å². The second-order valence-electron chi connectivity index (χ2n) is 13.6. The van der Waals surface area contributed by atoms with Gasteiger partial charge in [0.25, 0.3) is 0 Å². The highest BCUT2D eigenvalue weighted by Gasteiger charge is 2.67. The first-order chi connectivity index (χ1) is 17.7. The Kier molecular flexibility index (Phi) is 9.98. The van der Waals surface area contributed by atoms with E-state index >= 15 is 0 Å². The summed E-state index contributed by atoms with van der Waals surface area (Å²) in [5, 5.41) is 51.0. The summed E-state index contributed by atoms with van der Waals surface area (Å²) in [5.74, 6) is 0.185. The molecule has 8 nitrogen and oxygen atoms in total. The maximum absolute atomic E-state index is 11.8. The summed E-state index contributed by atoms with van der Waals surface area (Å²) in [5.41, 5.74) is 4.65. The molecule has 4 aliphatic rings. The average molecular weight is 540 g/mol. The molecule has 0 saturated heterocycles. The molecular weight excluding hydrogens is 486 g/mol. The minimum atomic E-state index is -0.963. The molecule has 4 fully saturated rings. The van der Waals surface area contributed by atoms with E-state index in [2.05, 4.69) is 27.7 Å². The number of aliphatic hydroxyl groups excluding tert-OH is 3. The van der Waals surface area contributed by atoms with Crippen LogP contribution >= 0.6 is 0 Å². The molecular formula is C30H53NO7. The van der Waals surface area contributed by atoms with Gasteiger partial charge >= 0.3 is 11.9 Å². The van der Waals surface area contributed by atoms with Gasteiger partial charge in [-0.25, -0.2) is 0 Å². The van der Waals surface area contributed by atoms with E-state index < -0.39 is 24.1 Å². The van der Waals surface area contributed by atoms with Crippen LogP contribution in [-0.2, 0) is 9.59 Å². The van der Waals surface area contributed by atoms with Crippen molar-refractivity contribution in [3.8, 4) is 0 Å². The van der Waals surface area contributed by atoms with E-state index in [4.69, 9.17) is 10.8 Å². The van der Waals surface area contributed by atoms with Crippen LogP contribution < -0.4 is 5.73 Å². The number of aliphatic hydroxyl groups is 3. The van der Waals surface area contributed by atoms with Crippen LogP contribution in [0, 0.1) is 52.3 Å². The first-order valence-corrected chi connectivity index (χ1v) is 14.9. The molecule has 7 N–H and O–H groups in total. The Labute approximate surface area is 228 Å². The van der Waals surface area contributed by atoms with Gasteiger partial charge in [0.2, 0.25) is 0 Å². The summed E-state index contributed by atoms with van der Waals surface area (Å²) in [4.78, 5) is 20.7. The van der Waals surface area contributed by atoms with Crippen LogP contribution in [-0.4, -0.2) is 61.8 Å². The molecule has 0 aliphatic heterocycles. The molecule has 13 atom stereocenters. The quantitative estimate of drug-likeness (QED) is 0.284. The fraction of sp³-hybridized carbons (Fsp3) is 0.933. The molecule has 8 heteroatoms. The van der Waals surface area contributed by atoms with Gasteiger partial charge in [-0.3, -0.25) is 9.59 Å². The van der Waals surface area contributed by atoms with Gasteiger partial charge in [0, 0.05) is 6.42 Å². The summed E-state index contributed by atoms with van der Waals surface area (Å²) < 4.78 is 0. The van der Waals surface area contributed by atoms with E-state index in [0.29, 0.717) is 24.2 Å². The Morgan fingerprint density at radius 2 is 1.61 bits per heavy atom. The lowest BCUT2D eigenvalue weighted by Crippen LogP contribution is -2.65. The molecule has 0 aromatic rings. The van der Waals surface area contributed by atoms with Crippen molar-refractivity contribution in [3.05, 3.63) is 0 Å². The number of carbonyl (C=O) groups is 2. The molecule has 0 amide bonds. The third kappa shape index (κ3) is 5.65. The first-order valence-electron chi connectivity index (χ1n) is 14.9. The Morgan fingerprint density at radius 3 is 2.16 bits per heavy atom. The van der Waals surface area contributed by atoms with Gasteiger partial charge in [-0.1, -0.05) is 34.1 Å². The van der Waals surface area contributed by atoms with E-state index in [0.717, 1.165) is 51.4 Å². The largest absolute Gasteiger partial charge is 0.481 e. The number of hydrogen-bond donors (Lipinski definition) is 6. The number of carboxylic acids is 2. The SMILES string of the molecule is CC(N)C(=O)O.CCC[C@H]1[C@@H](O)[C@@H]2[C@H](C[C@H](O)[C@@]3(C)[C@H]2CC[C@H]3[C@H](C)CCC(=O)O)[C@@]2(C)CC[C@@H](O)C[C@@H]12. The van der Waals surface area contributed by atoms with Gasteiger partial charge in [0.05, 0.1) is 18.3 Å². The summed E-state index contributed by atoms with van der Waals surface area (Å²) in [7, 11) is 0. The average Bonchev–Trinajstić information content (AvgIpc) is 3.20. The smallest absolute Gasteiger partial charge is 0.320 e. The predicted molar refractivity (Wildman–Crippen MR) is 145 cm³/mol. The number of carboxylic acid groups (broad SMARTS) is 2. The fourth-order valence-electron chi connectivity index (χ4n) is 9.62. The monoisotopic (exact) mass is 539 g/mol. The molecule has 1 unspecified atom stereocenters. The molecule has 0 heterocycles. The minimum absolute atomic E-state index is 0.0677. The minimum Gasteiger partial charge on any atom is -0.481 e. The highest BCUT2D eigenvalue weighted by Crippen LogP contribution is 2.69. The van der Waals surface area contributed by atoms with Crippen LogP contribution in [0.1, 0.15) is 98.8 Å². The molecule has 4 rings (SSSR count). The second kappa shape index (κ2) is 12.1. The Bertz CT molecular complexity index is 835. The summed E-state index contributed by atoms with van der Waals surface area (Å²) >= 11 is 0. The van der Waals surface area contributed by atoms with Crippen molar-refractivity contribution in [3.63, 3.8) is 0 Å². The highest BCUT2D eigenvalue weighted by molar-refractivity contribution is 5.72. The summed E-state index contributed by atoms with van der Waals surface area (Å²) in [6.45, 7) is 10.4. The van der Waals surface area contributed by atoms with Gasteiger partial charge in [0.1, 0.15) is 6.04 Å². The third-order valence-corrected chi connectivity index (χ3v) is 11.6. The van der Waals surface area contributed by atoms with Crippen molar-refractivity contribution >= 4 is 11.9 Å². The molecule has 0 aromatic carbocycles. The number of nitrogens with two attached hydrogens (primary N) is 1. The first kappa shape index (κ1) is 31.3. The third-order valence-electron chi connectivity index (χ3n) is 11.6. The number of rotatable bonds is 7. The van der Waals surface area contributed by atoms with Crippen LogP contribution in [0.15, 0.2) is 0 Å². The van der Waals surface area contributed by atoms with Gasteiger partial charge in [-0.05, 0) is 111 Å². The molecule has 220 valence electrons. The number of aliphatic carboxylic acids is 2. The van der Waals surface area contributed by atoms with Crippen molar-refractivity contribution in [2.45, 2.75) is 123 Å². The zero-order valence-corrected chi connectivity index (χ0v) is 24.1. The van der Waals surface area contributed by atoms with Gasteiger partial charge in [-0.2, -0.15) is 0 Å². The van der Waals surface area contributed by atoms with E-state index in [9.17, 15) is 30.0 Å². The van der Waals surface area contributed by atoms with Crippen molar-refractivity contribution in [2.75, 3.05) is 0 Å². The van der Waals surface area contributed by atoms with Gasteiger partial charge in [-0.15, -0.1) is 0 Å². The molecule has 4 aliphatic carbocycles. The molecule has 0 spiro atoms. The summed E-state index contributed by atoms with van der Waals surface area (Å²) in [6.07, 6.45) is 7.23. The molecule has 0 radical (unpaired) electrons. The lowest BCUT2D eigenvalue weighted by atomic mass is 9.40. The zero-order chi connectivity index (χ0) is 28.6. The van der Waals surface area contributed by atoms with E-state index in [1.54, 1.807) is 0 Å². The Balaban J connectivity index is 0.000000599. The Morgan fingerprint density at radius 1 is 0.974 bits per heavy atom. The lowest BCUT2D eigenvalue weighted by molar-refractivity contribution is -0.229. The van der Waals surface area contributed by atoms with Crippen LogP contribution in [0.5, 0.6) is 0 Å². The number of fused-ring (bicyclic) bond motifs is 5. The van der Waals surface area contributed by atoms with E-state index in [1.165, 1.54) is 6.92 Å². The predicted octanol–water partition coefficient (Wildman–Crippen LogP) is 3.89. The molecule has 0 bridgehead atoms.